The van der Waals surface area contributed by atoms with Crippen molar-refractivity contribution in [3.63, 3.8) is 0 Å². The predicted molar refractivity (Wildman–Crippen MR) is 67.3 cm³/mol. The van der Waals surface area contributed by atoms with Crippen molar-refractivity contribution >= 4 is 5.97 Å². The highest BCUT2D eigenvalue weighted by Crippen LogP contribution is 2.19. The molecule has 3 nitrogen and oxygen atoms in total. The number of carbonyl (C=O) groups is 1. The summed E-state index contributed by atoms with van der Waals surface area (Å²) in [7, 11) is 1.62. The van der Waals surface area contributed by atoms with E-state index in [-0.39, 0.29) is 5.92 Å². The van der Waals surface area contributed by atoms with Crippen molar-refractivity contribution in [1.82, 2.24) is 0 Å². The van der Waals surface area contributed by atoms with E-state index in [1.165, 1.54) is 0 Å². The average Bonchev–Trinajstić information content (AvgIpc) is 2.28. The summed E-state index contributed by atoms with van der Waals surface area (Å²) in [6.45, 7) is 4.09. The van der Waals surface area contributed by atoms with Gasteiger partial charge in [0.2, 0.25) is 0 Å². The van der Waals surface area contributed by atoms with Crippen LogP contribution < -0.4 is 4.74 Å². The van der Waals surface area contributed by atoms with Crippen molar-refractivity contribution < 1.29 is 14.6 Å². The fourth-order valence-corrected chi connectivity index (χ4v) is 1.89. The van der Waals surface area contributed by atoms with Crippen LogP contribution in [0.4, 0.5) is 0 Å². The minimum atomic E-state index is -0.713. The second-order valence-electron chi connectivity index (χ2n) is 4.72. The summed E-state index contributed by atoms with van der Waals surface area (Å²) in [4.78, 5) is 11.1. The molecule has 0 radical (unpaired) electrons. The van der Waals surface area contributed by atoms with Crippen LogP contribution in [0.3, 0.4) is 0 Å². The number of methoxy groups -OCH3 is 1. The van der Waals surface area contributed by atoms with Crippen molar-refractivity contribution in [2.45, 2.75) is 26.7 Å². The normalized spacial score (nSPS) is 12.5. The van der Waals surface area contributed by atoms with Gasteiger partial charge in [-0.1, -0.05) is 26.0 Å². The van der Waals surface area contributed by atoms with E-state index in [0.717, 1.165) is 11.3 Å². The van der Waals surface area contributed by atoms with Crippen LogP contribution in [0.2, 0.25) is 0 Å². The summed E-state index contributed by atoms with van der Waals surface area (Å²) in [6.07, 6.45) is 1.29. The van der Waals surface area contributed by atoms with Gasteiger partial charge in [-0.25, -0.2) is 0 Å². The van der Waals surface area contributed by atoms with E-state index in [9.17, 15) is 4.79 Å². The van der Waals surface area contributed by atoms with Gasteiger partial charge in [-0.3, -0.25) is 4.79 Å². The molecule has 1 aromatic rings. The highest BCUT2D eigenvalue weighted by atomic mass is 16.5. The molecule has 3 heteroatoms. The lowest BCUT2D eigenvalue weighted by atomic mass is 9.91. The topological polar surface area (TPSA) is 46.5 Å². The lowest BCUT2D eigenvalue weighted by Gasteiger charge is -2.14. The molecule has 0 heterocycles. The van der Waals surface area contributed by atoms with E-state index in [4.69, 9.17) is 9.84 Å². The zero-order valence-corrected chi connectivity index (χ0v) is 10.6. The summed E-state index contributed by atoms with van der Waals surface area (Å²) < 4.78 is 5.07. The van der Waals surface area contributed by atoms with Crippen molar-refractivity contribution in [3.05, 3.63) is 29.8 Å². The van der Waals surface area contributed by atoms with Crippen LogP contribution in [0.15, 0.2) is 24.3 Å². The van der Waals surface area contributed by atoms with Crippen LogP contribution in [0.25, 0.3) is 0 Å². The SMILES string of the molecule is COc1ccc(CC(CC(C)C)C(=O)O)cc1. The zero-order valence-electron chi connectivity index (χ0n) is 10.6. The van der Waals surface area contributed by atoms with Crippen LogP contribution in [-0.4, -0.2) is 18.2 Å². The van der Waals surface area contributed by atoms with Crippen molar-refractivity contribution in [2.24, 2.45) is 11.8 Å². The first-order valence-corrected chi connectivity index (χ1v) is 5.88. The molecule has 0 spiro atoms. The largest absolute Gasteiger partial charge is 0.497 e. The Morgan fingerprint density at radius 2 is 1.88 bits per heavy atom. The minimum absolute atomic E-state index is 0.302. The van der Waals surface area contributed by atoms with E-state index < -0.39 is 5.97 Å². The molecule has 1 N–H and O–H groups in total. The summed E-state index contributed by atoms with van der Waals surface area (Å²) in [5.41, 5.74) is 1.04. The second-order valence-corrected chi connectivity index (χ2v) is 4.72. The number of benzene rings is 1. The van der Waals surface area contributed by atoms with Crippen molar-refractivity contribution in [3.8, 4) is 5.75 Å². The van der Waals surface area contributed by atoms with Gasteiger partial charge in [0.05, 0.1) is 13.0 Å². The highest BCUT2D eigenvalue weighted by molar-refractivity contribution is 5.70. The number of rotatable bonds is 6. The molecule has 94 valence electrons. The first-order chi connectivity index (χ1) is 8.02. The zero-order chi connectivity index (χ0) is 12.8. The Morgan fingerprint density at radius 1 is 1.29 bits per heavy atom. The fraction of sp³-hybridized carbons (Fsp3) is 0.500. The molecule has 0 aliphatic heterocycles. The first-order valence-electron chi connectivity index (χ1n) is 5.88. The third-order valence-corrected chi connectivity index (χ3v) is 2.75. The van der Waals surface area contributed by atoms with Gasteiger partial charge in [-0.15, -0.1) is 0 Å². The van der Waals surface area contributed by atoms with Crippen molar-refractivity contribution in [1.29, 1.82) is 0 Å². The lowest BCUT2D eigenvalue weighted by molar-refractivity contribution is -0.142. The molecule has 0 aliphatic carbocycles. The molecule has 0 saturated carbocycles. The van der Waals surface area contributed by atoms with Gasteiger partial charge < -0.3 is 9.84 Å². The van der Waals surface area contributed by atoms with E-state index in [1.807, 2.05) is 38.1 Å². The molecule has 0 amide bonds. The Kier molecular flexibility index (Phi) is 5.01. The Morgan fingerprint density at radius 3 is 2.29 bits per heavy atom. The van der Waals surface area contributed by atoms with Gasteiger partial charge in [0.25, 0.3) is 0 Å². The van der Waals surface area contributed by atoms with Gasteiger partial charge >= 0.3 is 5.97 Å². The molecule has 0 aliphatic rings. The Labute approximate surface area is 102 Å². The maximum atomic E-state index is 11.1. The standard InChI is InChI=1S/C14H20O3/c1-10(2)8-12(14(15)16)9-11-4-6-13(17-3)7-5-11/h4-7,10,12H,8-9H2,1-3H3,(H,15,16). The Balaban J connectivity index is 2.68. The number of ether oxygens (including phenoxy) is 1. The molecule has 17 heavy (non-hydrogen) atoms. The van der Waals surface area contributed by atoms with Gasteiger partial charge in [-0.2, -0.15) is 0 Å². The molecule has 0 saturated heterocycles. The molecule has 0 bridgehead atoms. The summed E-state index contributed by atoms with van der Waals surface area (Å²) >= 11 is 0. The molecular formula is C14H20O3. The van der Waals surface area contributed by atoms with E-state index in [0.29, 0.717) is 18.8 Å². The van der Waals surface area contributed by atoms with Gasteiger partial charge in [0.1, 0.15) is 5.75 Å². The van der Waals surface area contributed by atoms with Crippen LogP contribution in [0, 0.1) is 11.8 Å². The molecule has 1 aromatic carbocycles. The van der Waals surface area contributed by atoms with E-state index in [1.54, 1.807) is 7.11 Å². The molecular weight excluding hydrogens is 216 g/mol. The quantitative estimate of drug-likeness (QED) is 0.826. The predicted octanol–water partition coefficient (Wildman–Crippen LogP) is 2.98. The number of hydrogen-bond donors (Lipinski definition) is 1. The average molecular weight is 236 g/mol. The van der Waals surface area contributed by atoms with E-state index in [2.05, 4.69) is 0 Å². The van der Waals surface area contributed by atoms with Crippen LogP contribution >= 0.6 is 0 Å². The monoisotopic (exact) mass is 236 g/mol. The van der Waals surface area contributed by atoms with E-state index >= 15 is 0 Å². The summed E-state index contributed by atoms with van der Waals surface area (Å²) in [6, 6.07) is 7.58. The van der Waals surface area contributed by atoms with Crippen LogP contribution in [0.1, 0.15) is 25.8 Å². The summed E-state index contributed by atoms with van der Waals surface area (Å²) in [5, 5.41) is 9.16. The second kappa shape index (κ2) is 6.28. The van der Waals surface area contributed by atoms with Gasteiger partial charge in [0, 0.05) is 0 Å². The highest BCUT2D eigenvalue weighted by Gasteiger charge is 2.19. The third-order valence-electron chi connectivity index (χ3n) is 2.75. The number of hydrogen-bond acceptors (Lipinski definition) is 2. The Bertz CT molecular complexity index is 354. The molecule has 1 atom stereocenters. The molecule has 0 aromatic heterocycles. The van der Waals surface area contributed by atoms with Crippen LogP contribution in [-0.2, 0) is 11.2 Å². The third kappa shape index (κ3) is 4.47. The van der Waals surface area contributed by atoms with Gasteiger partial charge in [-0.05, 0) is 36.5 Å². The first kappa shape index (κ1) is 13.6. The fourth-order valence-electron chi connectivity index (χ4n) is 1.89. The smallest absolute Gasteiger partial charge is 0.306 e. The maximum Gasteiger partial charge on any atom is 0.306 e. The van der Waals surface area contributed by atoms with Gasteiger partial charge in [0.15, 0.2) is 0 Å². The number of aliphatic carboxylic acids is 1. The van der Waals surface area contributed by atoms with Crippen molar-refractivity contribution in [2.75, 3.05) is 7.11 Å². The minimum Gasteiger partial charge on any atom is -0.497 e. The van der Waals surface area contributed by atoms with Crippen LogP contribution in [0.5, 0.6) is 5.75 Å². The molecule has 1 rings (SSSR count). The number of carboxylic acids is 1. The summed E-state index contributed by atoms with van der Waals surface area (Å²) in [5.74, 6) is 0.178. The molecule has 0 fully saturated rings. The Hall–Kier alpha value is -1.51. The number of carboxylic acid groups (broad SMARTS) is 1. The lowest BCUT2D eigenvalue weighted by Crippen LogP contribution is -2.18. The maximum absolute atomic E-state index is 11.1. The molecule has 1 unspecified atom stereocenters.